The Bertz CT molecular complexity index is 321. The van der Waals surface area contributed by atoms with E-state index in [2.05, 4.69) is 36.5 Å². The lowest BCUT2D eigenvalue weighted by molar-refractivity contribution is -0.122. The Morgan fingerprint density at radius 3 is 2.35 bits per heavy atom. The van der Waals surface area contributed by atoms with Crippen molar-refractivity contribution in [3.8, 4) is 0 Å². The Hall–Kier alpha value is -1.15. The van der Waals surface area contributed by atoms with Crippen LogP contribution in [0, 0.1) is 0 Å². The maximum Gasteiger partial charge on any atom is 0.149 e. The molecule has 1 aliphatic rings. The normalized spacial score (nSPS) is 19.4. The van der Waals surface area contributed by atoms with Crippen molar-refractivity contribution in [2.75, 3.05) is 7.05 Å². The van der Waals surface area contributed by atoms with Crippen LogP contribution in [0.15, 0.2) is 30.3 Å². The monoisotopic (exact) mass is 233 g/mol. The fraction of sp³-hybridized carbons (Fsp3) is 0.533. The SMILES string of the molecule is CCc1ccccc1.CNC1CCCCC1=O. The molecule has 1 N–H and O–H groups in total. The van der Waals surface area contributed by atoms with Crippen LogP contribution in [0.4, 0.5) is 0 Å². The molecule has 17 heavy (non-hydrogen) atoms. The lowest BCUT2D eigenvalue weighted by atomic mass is 9.94. The van der Waals surface area contributed by atoms with Crippen LogP contribution >= 0.6 is 0 Å². The third kappa shape index (κ3) is 5.14. The second-order valence-electron chi connectivity index (χ2n) is 4.39. The van der Waals surface area contributed by atoms with Gasteiger partial charge in [0.2, 0.25) is 0 Å². The van der Waals surface area contributed by atoms with Gasteiger partial charge in [0.1, 0.15) is 5.78 Å². The van der Waals surface area contributed by atoms with Gasteiger partial charge < -0.3 is 5.32 Å². The van der Waals surface area contributed by atoms with E-state index in [0.29, 0.717) is 5.78 Å². The predicted octanol–water partition coefficient (Wildman–Crippen LogP) is 2.97. The number of ketones is 1. The van der Waals surface area contributed by atoms with Gasteiger partial charge in [-0.25, -0.2) is 0 Å². The smallest absolute Gasteiger partial charge is 0.149 e. The number of carbonyl (C=O) groups is 1. The van der Waals surface area contributed by atoms with E-state index in [1.165, 1.54) is 12.0 Å². The van der Waals surface area contributed by atoms with Crippen LogP contribution in [0.1, 0.15) is 38.2 Å². The molecule has 1 unspecified atom stereocenters. The quantitative estimate of drug-likeness (QED) is 0.851. The zero-order chi connectivity index (χ0) is 12.5. The summed E-state index contributed by atoms with van der Waals surface area (Å²) in [4.78, 5) is 11.0. The molecule has 1 aliphatic carbocycles. The van der Waals surface area contributed by atoms with Crippen LogP contribution in [0.2, 0.25) is 0 Å². The van der Waals surface area contributed by atoms with Gasteiger partial charge in [-0.1, -0.05) is 43.7 Å². The number of hydrogen-bond donors (Lipinski definition) is 1. The third-order valence-electron chi connectivity index (χ3n) is 3.15. The van der Waals surface area contributed by atoms with E-state index in [1.54, 1.807) is 0 Å². The molecule has 0 aromatic heterocycles. The van der Waals surface area contributed by atoms with Crippen molar-refractivity contribution >= 4 is 5.78 Å². The molecule has 1 fully saturated rings. The highest BCUT2D eigenvalue weighted by molar-refractivity contribution is 5.84. The third-order valence-corrected chi connectivity index (χ3v) is 3.15. The molecule has 1 atom stereocenters. The summed E-state index contributed by atoms with van der Waals surface area (Å²) in [7, 11) is 1.86. The predicted molar refractivity (Wildman–Crippen MR) is 72.1 cm³/mol. The van der Waals surface area contributed by atoms with Gasteiger partial charge in [-0.15, -0.1) is 0 Å². The number of aryl methyl sites for hydroxylation is 1. The van der Waals surface area contributed by atoms with Gasteiger partial charge in [-0.2, -0.15) is 0 Å². The van der Waals surface area contributed by atoms with Gasteiger partial charge in [0.25, 0.3) is 0 Å². The molecule has 0 amide bonds. The number of nitrogens with one attached hydrogen (secondary N) is 1. The molecule has 0 radical (unpaired) electrons. The second-order valence-corrected chi connectivity index (χ2v) is 4.39. The minimum atomic E-state index is 0.166. The maximum atomic E-state index is 11.0. The van der Waals surface area contributed by atoms with E-state index < -0.39 is 0 Å². The molecule has 2 nitrogen and oxygen atoms in total. The maximum absolute atomic E-state index is 11.0. The first-order valence-corrected chi connectivity index (χ1v) is 6.51. The first kappa shape index (κ1) is 13.9. The van der Waals surface area contributed by atoms with Crippen molar-refractivity contribution in [2.45, 2.75) is 45.1 Å². The molecule has 94 valence electrons. The zero-order valence-corrected chi connectivity index (χ0v) is 10.9. The lowest BCUT2D eigenvalue weighted by Gasteiger charge is -2.18. The van der Waals surface area contributed by atoms with Crippen LogP contribution < -0.4 is 5.32 Å². The molecule has 0 spiro atoms. The Kier molecular flexibility index (Phi) is 6.56. The number of likely N-dealkylation sites (N-methyl/N-ethyl adjacent to an activating group) is 1. The Morgan fingerprint density at radius 1 is 1.24 bits per heavy atom. The highest BCUT2D eigenvalue weighted by atomic mass is 16.1. The summed E-state index contributed by atoms with van der Waals surface area (Å²) in [5.74, 6) is 0.392. The first-order chi connectivity index (χ1) is 8.27. The Labute approximate surface area is 104 Å². The van der Waals surface area contributed by atoms with Gasteiger partial charge >= 0.3 is 0 Å². The highest BCUT2D eigenvalue weighted by Gasteiger charge is 2.19. The zero-order valence-electron chi connectivity index (χ0n) is 10.9. The van der Waals surface area contributed by atoms with Gasteiger partial charge in [0.15, 0.2) is 0 Å². The van der Waals surface area contributed by atoms with Crippen molar-refractivity contribution < 1.29 is 4.79 Å². The van der Waals surface area contributed by atoms with Crippen molar-refractivity contribution in [3.05, 3.63) is 35.9 Å². The molecular weight excluding hydrogens is 210 g/mol. The lowest BCUT2D eigenvalue weighted by Crippen LogP contribution is -2.36. The Balaban J connectivity index is 0.000000171. The number of carbonyl (C=O) groups excluding carboxylic acids is 1. The summed E-state index contributed by atoms with van der Waals surface area (Å²) in [5, 5.41) is 3.00. The molecule has 2 rings (SSSR count). The number of benzene rings is 1. The van der Waals surface area contributed by atoms with Crippen LogP contribution in [0.25, 0.3) is 0 Å². The van der Waals surface area contributed by atoms with Crippen LogP contribution in [-0.2, 0) is 11.2 Å². The van der Waals surface area contributed by atoms with E-state index in [1.807, 2.05) is 13.1 Å². The highest BCUT2D eigenvalue weighted by Crippen LogP contribution is 2.13. The number of Topliss-reactive ketones (excluding diaryl/α,β-unsaturated/α-hetero) is 1. The molecule has 0 aliphatic heterocycles. The molecule has 0 heterocycles. The molecule has 1 aromatic carbocycles. The largest absolute Gasteiger partial charge is 0.311 e. The van der Waals surface area contributed by atoms with Gasteiger partial charge in [-0.3, -0.25) is 4.79 Å². The van der Waals surface area contributed by atoms with Gasteiger partial charge in [0, 0.05) is 6.42 Å². The minimum absolute atomic E-state index is 0.166. The summed E-state index contributed by atoms with van der Waals surface area (Å²) < 4.78 is 0. The minimum Gasteiger partial charge on any atom is -0.311 e. The topological polar surface area (TPSA) is 29.1 Å². The van der Waals surface area contributed by atoms with Crippen LogP contribution in [-0.4, -0.2) is 18.9 Å². The van der Waals surface area contributed by atoms with E-state index in [0.717, 1.165) is 25.7 Å². The molecule has 0 bridgehead atoms. The molecule has 2 heteroatoms. The molecule has 1 saturated carbocycles. The summed E-state index contributed by atoms with van der Waals surface area (Å²) in [5.41, 5.74) is 1.41. The van der Waals surface area contributed by atoms with Crippen molar-refractivity contribution in [1.29, 1.82) is 0 Å². The number of rotatable bonds is 2. The van der Waals surface area contributed by atoms with Gasteiger partial charge in [-0.05, 0) is 31.9 Å². The molecule has 1 aromatic rings. The van der Waals surface area contributed by atoms with E-state index in [4.69, 9.17) is 0 Å². The number of hydrogen-bond acceptors (Lipinski definition) is 2. The summed E-state index contributed by atoms with van der Waals surface area (Å²) in [6, 6.07) is 10.6. The Morgan fingerprint density at radius 2 is 1.94 bits per heavy atom. The summed E-state index contributed by atoms with van der Waals surface area (Å²) in [6.07, 6.45) is 5.26. The van der Waals surface area contributed by atoms with Crippen molar-refractivity contribution in [2.24, 2.45) is 0 Å². The van der Waals surface area contributed by atoms with E-state index in [9.17, 15) is 4.79 Å². The fourth-order valence-corrected chi connectivity index (χ4v) is 2.00. The fourth-order valence-electron chi connectivity index (χ4n) is 2.00. The average molecular weight is 233 g/mol. The van der Waals surface area contributed by atoms with Crippen LogP contribution in [0.5, 0.6) is 0 Å². The summed E-state index contributed by atoms with van der Waals surface area (Å²) >= 11 is 0. The molecular formula is C15H23NO. The second kappa shape index (κ2) is 8.02. The average Bonchev–Trinajstić information content (AvgIpc) is 2.41. The summed E-state index contributed by atoms with van der Waals surface area (Å²) in [6.45, 7) is 2.16. The van der Waals surface area contributed by atoms with Crippen molar-refractivity contribution in [1.82, 2.24) is 5.32 Å². The van der Waals surface area contributed by atoms with Crippen LogP contribution in [0.3, 0.4) is 0 Å². The van der Waals surface area contributed by atoms with Gasteiger partial charge in [0.05, 0.1) is 6.04 Å². The van der Waals surface area contributed by atoms with E-state index in [-0.39, 0.29) is 6.04 Å². The first-order valence-electron chi connectivity index (χ1n) is 6.51. The van der Waals surface area contributed by atoms with Crippen molar-refractivity contribution in [3.63, 3.8) is 0 Å². The standard InChI is InChI=1S/C8H10.C7H13NO/c1-2-8-6-4-3-5-7-8;1-8-6-4-2-3-5-7(6)9/h3-7H,2H2,1H3;6,8H,2-5H2,1H3. The van der Waals surface area contributed by atoms with E-state index >= 15 is 0 Å². The molecule has 0 saturated heterocycles.